The van der Waals surface area contributed by atoms with Gasteiger partial charge in [0, 0.05) is 24.4 Å². The van der Waals surface area contributed by atoms with Crippen LogP contribution in [0.5, 0.6) is 5.75 Å². The highest BCUT2D eigenvalue weighted by molar-refractivity contribution is 5.94. The first-order chi connectivity index (χ1) is 11.6. The zero-order valence-corrected chi connectivity index (χ0v) is 13.5. The number of rotatable bonds is 7. The van der Waals surface area contributed by atoms with Gasteiger partial charge in [0.15, 0.2) is 0 Å². The van der Waals surface area contributed by atoms with Gasteiger partial charge < -0.3 is 19.8 Å². The summed E-state index contributed by atoms with van der Waals surface area (Å²) in [6.07, 6.45) is 6.39. The van der Waals surface area contributed by atoms with Gasteiger partial charge in [-0.15, -0.1) is 0 Å². The van der Waals surface area contributed by atoms with E-state index in [9.17, 15) is 9.59 Å². The largest absolute Gasteiger partial charge is 0.497 e. The predicted octanol–water partition coefficient (Wildman–Crippen LogP) is 1.33. The van der Waals surface area contributed by atoms with E-state index in [1.165, 1.54) is 19.5 Å². The number of hydrogen-bond donors (Lipinski definition) is 2. The van der Waals surface area contributed by atoms with Gasteiger partial charge in [-0.2, -0.15) is 0 Å². The molecule has 24 heavy (non-hydrogen) atoms. The van der Waals surface area contributed by atoms with Crippen LogP contribution in [0.25, 0.3) is 6.08 Å². The van der Waals surface area contributed by atoms with Crippen LogP contribution in [0.2, 0.25) is 0 Å². The first-order valence-corrected chi connectivity index (χ1v) is 7.30. The lowest BCUT2D eigenvalue weighted by Gasteiger charge is -2.14. The minimum absolute atomic E-state index is 0.273. The summed E-state index contributed by atoms with van der Waals surface area (Å²) in [6.45, 7) is 0. The Morgan fingerprint density at radius 3 is 2.62 bits per heavy atom. The van der Waals surface area contributed by atoms with E-state index in [1.807, 2.05) is 12.1 Å². The highest BCUT2D eigenvalue weighted by Gasteiger charge is 2.21. The van der Waals surface area contributed by atoms with Gasteiger partial charge in [-0.05, 0) is 23.8 Å². The van der Waals surface area contributed by atoms with Crippen molar-refractivity contribution < 1.29 is 19.1 Å². The number of nitrogens with one attached hydrogen (secondary N) is 2. The number of ether oxygens (including phenoxy) is 2. The number of carbonyl (C=O) groups excluding carboxylic acids is 2. The number of benzene rings is 1. The van der Waals surface area contributed by atoms with Gasteiger partial charge in [-0.3, -0.25) is 4.79 Å². The topological polar surface area (TPSA) is 93.3 Å². The fraction of sp³-hybridized carbons (Fsp3) is 0.235. The smallest absolute Gasteiger partial charge is 0.328 e. The summed E-state index contributed by atoms with van der Waals surface area (Å²) in [7, 11) is 2.87. The van der Waals surface area contributed by atoms with E-state index < -0.39 is 12.0 Å². The third-order valence-corrected chi connectivity index (χ3v) is 3.32. The van der Waals surface area contributed by atoms with E-state index in [4.69, 9.17) is 9.47 Å². The average molecular weight is 329 g/mol. The molecular formula is C17H19N3O4. The molecule has 0 saturated carbocycles. The van der Waals surface area contributed by atoms with Crippen molar-refractivity contribution in [1.82, 2.24) is 15.3 Å². The first-order valence-electron chi connectivity index (χ1n) is 7.30. The molecule has 1 aromatic carbocycles. The molecular weight excluding hydrogens is 310 g/mol. The molecule has 7 heteroatoms. The van der Waals surface area contributed by atoms with Gasteiger partial charge in [-0.25, -0.2) is 9.78 Å². The number of esters is 1. The lowest BCUT2D eigenvalue weighted by molar-refractivity contribution is -0.144. The van der Waals surface area contributed by atoms with E-state index >= 15 is 0 Å². The molecule has 0 bridgehead atoms. The number of hydrogen-bond acceptors (Lipinski definition) is 5. The Kier molecular flexibility index (Phi) is 6.13. The fourth-order valence-corrected chi connectivity index (χ4v) is 2.06. The molecule has 2 aromatic rings. The van der Waals surface area contributed by atoms with Gasteiger partial charge in [0.25, 0.3) is 0 Å². The molecule has 1 amide bonds. The van der Waals surface area contributed by atoms with Gasteiger partial charge in [-0.1, -0.05) is 12.1 Å². The summed E-state index contributed by atoms with van der Waals surface area (Å²) >= 11 is 0. The van der Waals surface area contributed by atoms with Crippen molar-refractivity contribution in [2.75, 3.05) is 14.2 Å². The Balaban J connectivity index is 1.98. The van der Waals surface area contributed by atoms with Crippen molar-refractivity contribution in [2.45, 2.75) is 12.5 Å². The maximum absolute atomic E-state index is 12.0. The Bertz CT molecular complexity index is 693. The van der Waals surface area contributed by atoms with Crippen LogP contribution in [0.1, 0.15) is 11.3 Å². The molecule has 0 aliphatic heterocycles. The van der Waals surface area contributed by atoms with Crippen LogP contribution in [0.15, 0.2) is 42.9 Å². The van der Waals surface area contributed by atoms with Crippen LogP contribution in [0.4, 0.5) is 0 Å². The van der Waals surface area contributed by atoms with Gasteiger partial charge >= 0.3 is 5.97 Å². The minimum atomic E-state index is -0.788. The molecule has 0 fully saturated rings. The molecule has 0 unspecified atom stereocenters. The van der Waals surface area contributed by atoms with E-state index in [0.29, 0.717) is 0 Å². The maximum atomic E-state index is 12.0. The quantitative estimate of drug-likeness (QED) is 0.590. The Morgan fingerprint density at radius 2 is 2.04 bits per heavy atom. The summed E-state index contributed by atoms with van der Waals surface area (Å²) in [5, 5.41) is 2.63. The molecule has 0 aliphatic rings. The number of aromatic nitrogens is 2. The molecule has 1 atom stereocenters. The van der Waals surface area contributed by atoms with Crippen LogP contribution in [-0.2, 0) is 20.7 Å². The summed E-state index contributed by atoms with van der Waals surface area (Å²) in [5.74, 6) is -0.168. The lowest BCUT2D eigenvalue weighted by atomic mass is 10.1. The third kappa shape index (κ3) is 4.98. The first kappa shape index (κ1) is 17.3. The normalized spacial score (nSPS) is 11.9. The van der Waals surface area contributed by atoms with Gasteiger partial charge in [0.1, 0.15) is 11.8 Å². The third-order valence-electron chi connectivity index (χ3n) is 3.32. The SMILES string of the molecule is COC(=O)[C@H](Cc1cnc[nH]1)NC(=O)/C=C/c1ccc(OC)cc1. The Hall–Kier alpha value is -3.09. The number of H-pyrrole nitrogens is 1. The molecule has 0 spiro atoms. The van der Waals surface area contributed by atoms with E-state index in [1.54, 1.807) is 31.5 Å². The summed E-state index contributed by atoms with van der Waals surface area (Å²) in [6, 6.07) is 6.46. The van der Waals surface area contributed by atoms with Crippen LogP contribution in [0.3, 0.4) is 0 Å². The maximum Gasteiger partial charge on any atom is 0.328 e. The van der Waals surface area contributed by atoms with Crippen molar-refractivity contribution in [3.8, 4) is 5.75 Å². The molecule has 7 nitrogen and oxygen atoms in total. The number of carbonyl (C=O) groups is 2. The van der Waals surface area contributed by atoms with Gasteiger partial charge in [0.2, 0.25) is 5.91 Å². The standard InChI is InChI=1S/C17H19N3O4/c1-23-14-6-3-12(4-7-14)5-8-16(21)20-15(17(22)24-2)9-13-10-18-11-19-13/h3-8,10-11,15H,9H2,1-2H3,(H,18,19)(H,20,21)/b8-5+/t15-/m0/s1. The Morgan fingerprint density at radius 1 is 1.29 bits per heavy atom. The molecule has 1 heterocycles. The van der Waals surface area contributed by atoms with Crippen molar-refractivity contribution >= 4 is 18.0 Å². The molecule has 2 N–H and O–H groups in total. The number of methoxy groups -OCH3 is 2. The van der Waals surface area contributed by atoms with Crippen LogP contribution < -0.4 is 10.1 Å². The molecule has 0 saturated heterocycles. The summed E-state index contributed by atoms with van der Waals surface area (Å²) in [4.78, 5) is 30.6. The number of imidazole rings is 1. The van der Waals surface area contributed by atoms with E-state index in [-0.39, 0.29) is 12.3 Å². The van der Waals surface area contributed by atoms with E-state index in [2.05, 4.69) is 15.3 Å². The molecule has 0 aliphatic carbocycles. The lowest BCUT2D eigenvalue weighted by Crippen LogP contribution is -2.42. The average Bonchev–Trinajstić information content (AvgIpc) is 3.12. The molecule has 0 radical (unpaired) electrons. The number of amides is 1. The minimum Gasteiger partial charge on any atom is -0.497 e. The summed E-state index contributed by atoms with van der Waals surface area (Å²) < 4.78 is 9.80. The second-order valence-corrected chi connectivity index (χ2v) is 4.97. The molecule has 126 valence electrons. The van der Waals surface area contributed by atoms with Crippen molar-refractivity contribution in [3.05, 3.63) is 54.1 Å². The molecule has 1 aromatic heterocycles. The Labute approximate surface area is 139 Å². The van der Waals surface area contributed by atoms with Crippen molar-refractivity contribution in [2.24, 2.45) is 0 Å². The predicted molar refractivity (Wildman–Crippen MR) is 88.3 cm³/mol. The number of aromatic amines is 1. The zero-order valence-electron chi connectivity index (χ0n) is 13.5. The second-order valence-electron chi connectivity index (χ2n) is 4.97. The number of nitrogens with zero attached hydrogens (tertiary/aromatic N) is 1. The van der Waals surface area contributed by atoms with Crippen molar-refractivity contribution in [1.29, 1.82) is 0 Å². The van der Waals surface area contributed by atoms with Gasteiger partial charge in [0.05, 0.1) is 20.5 Å². The summed E-state index contributed by atoms with van der Waals surface area (Å²) in [5.41, 5.74) is 1.57. The monoisotopic (exact) mass is 329 g/mol. The molecule has 2 rings (SSSR count). The van der Waals surface area contributed by atoms with E-state index in [0.717, 1.165) is 17.0 Å². The highest BCUT2D eigenvalue weighted by Crippen LogP contribution is 2.12. The van der Waals surface area contributed by atoms with Crippen LogP contribution in [0, 0.1) is 0 Å². The zero-order chi connectivity index (χ0) is 17.4. The highest BCUT2D eigenvalue weighted by atomic mass is 16.5. The fourth-order valence-electron chi connectivity index (χ4n) is 2.06. The van der Waals surface area contributed by atoms with Crippen LogP contribution >= 0.6 is 0 Å². The van der Waals surface area contributed by atoms with Crippen LogP contribution in [-0.4, -0.2) is 42.1 Å². The van der Waals surface area contributed by atoms with Crippen molar-refractivity contribution in [3.63, 3.8) is 0 Å². The second kappa shape index (κ2) is 8.52.